The number of aromatic nitrogens is 2. The first kappa shape index (κ1) is 65.8. The molecule has 0 aliphatic heterocycles. The lowest BCUT2D eigenvalue weighted by Gasteiger charge is -2.28. The van der Waals surface area contributed by atoms with E-state index in [9.17, 15) is 0 Å². The lowest BCUT2D eigenvalue weighted by atomic mass is 9.79. The molecule has 0 spiro atoms. The number of alkyl halides is 2. The Morgan fingerprint density at radius 3 is 1.65 bits per heavy atom. The Hall–Kier alpha value is -5.28. The molecule has 2 heterocycles. The molecule has 0 N–H and O–H groups in total. The van der Waals surface area contributed by atoms with Gasteiger partial charge in [-0.2, -0.15) is 0 Å². The van der Waals surface area contributed by atoms with Crippen molar-refractivity contribution in [2.24, 2.45) is 5.92 Å². The summed E-state index contributed by atoms with van der Waals surface area (Å²) in [5.41, 5.74) is 21.4. The molecule has 0 radical (unpaired) electrons. The van der Waals surface area contributed by atoms with Gasteiger partial charge in [0.1, 0.15) is 0 Å². The zero-order valence-electron chi connectivity index (χ0n) is 49.9. The topological polar surface area (TPSA) is 9.86 Å². The zero-order chi connectivity index (χ0) is 56.0. The van der Waals surface area contributed by atoms with Crippen molar-refractivity contribution in [1.29, 1.82) is 0 Å². The molecule has 2 aromatic heterocycles. The van der Waals surface area contributed by atoms with E-state index in [2.05, 4.69) is 241 Å². The predicted molar refractivity (Wildman–Crippen MR) is 347 cm³/mol. The zero-order valence-corrected chi connectivity index (χ0v) is 51.4. The van der Waals surface area contributed by atoms with Crippen LogP contribution in [0.3, 0.4) is 0 Å². The monoisotopic (exact) mass is 1050 g/mol. The number of para-hydroxylation sites is 2. The molecule has 0 bridgehead atoms. The Labute approximate surface area is 468 Å². The van der Waals surface area contributed by atoms with E-state index < -0.39 is 0 Å². The predicted octanol–water partition coefficient (Wildman–Crippen LogP) is 23.4. The normalized spacial score (nSPS) is 16.9. The Morgan fingerprint density at radius 2 is 1.12 bits per heavy atom. The first-order valence-corrected chi connectivity index (χ1v) is 30.1. The van der Waals surface area contributed by atoms with Crippen molar-refractivity contribution in [2.75, 3.05) is 12.8 Å². The van der Waals surface area contributed by atoms with Crippen molar-refractivity contribution in [3.63, 3.8) is 0 Å². The van der Waals surface area contributed by atoms with E-state index in [-0.39, 0.29) is 0 Å². The Balaban J connectivity index is 0.00000137. The second kappa shape index (κ2) is 35.9. The molecule has 2 aliphatic carbocycles. The van der Waals surface area contributed by atoms with E-state index in [0.29, 0.717) is 11.8 Å². The smallest absolute Gasteiger partial charge is 0.0541 e. The van der Waals surface area contributed by atoms with E-state index in [1.807, 2.05) is 41.5 Å². The van der Waals surface area contributed by atoms with E-state index in [0.717, 1.165) is 32.1 Å². The van der Waals surface area contributed by atoms with Gasteiger partial charge in [0.05, 0.1) is 16.7 Å². The van der Waals surface area contributed by atoms with Crippen LogP contribution in [0.5, 0.6) is 0 Å². The molecule has 2 nitrogen and oxygen atoms in total. The van der Waals surface area contributed by atoms with Gasteiger partial charge in [-0.3, -0.25) is 0 Å². The summed E-state index contributed by atoms with van der Waals surface area (Å²) in [4.78, 5) is 0. The Bertz CT molecular complexity index is 2790. The van der Waals surface area contributed by atoms with E-state index >= 15 is 0 Å². The van der Waals surface area contributed by atoms with E-state index in [4.69, 9.17) is 0 Å². The fourth-order valence-electron chi connectivity index (χ4n) is 11.0. The summed E-state index contributed by atoms with van der Waals surface area (Å²) in [6, 6.07) is 36.6. The van der Waals surface area contributed by atoms with Crippen LogP contribution in [-0.4, -0.2) is 21.9 Å². The van der Waals surface area contributed by atoms with Crippen molar-refractivity contribution in [3.8, 4) is 0 Å². The highest BCUT2D eigenvalue weighted by molar-refractivity contribution is 6.15. The first-order chi connectivity index (χ1) is 36.7. The summed E-state index contributed by atoms with van der Waals surface area (Å²) in [6.07, 6.45) is 29.9. The lowest BCUT2D eigenvalue weighted by molar-refractivity contribution is 0.444. The average molecular weight is 1050 g/mol. The van der Waals surface area contributed by atoms with Gasteiger partial charge in [0.2, 0.25) is 0 Å². The van der Waals surface area contributed by atoms with Crippen LogP contribution in [0.15, 0.2) is 139 Å². The third-order valence-corrected chi connectivity index (χ3v) is 14.0. The van der Waals surface area contributed by atoms with E-state index in [1.165, 1.54) is 145 Å². The molecule has 4 aromatic carbocycles. The number of benzene rings is 4. The van der Waals surface area contributed by atoms with Crippen molar-refractivity contribution < 1.29 is 0 Å². The molecule has 1 atom stereocenters. The van der Waals surface area contributed by atoms with Gasteiger partial charge in [-0.25, -0.2) is 0 Å². The standard InChI is InChI=1S/C60H66N2.C3H8.3C2H6.2CH3Cl/c1-9-26-51-52-33-20-23-36-58(52)61(57(51)12-4)55(10-2)49-40-39-48(56(11-3)62-59-37-24-21-34-53(59)54-35-22-25-38-60(54)62)42(7)46-30-17-16-28-44(46)27-14-13-15-29-45(41(5)6)50-32-19-18-31-47(50)43(49)8;1-3-2;5*1-2/h9-12,16-22,24-26,28,30-35,37-38,41,45H,4,13-15,23,27,29,36,39-40H2,1-3,5-8H3;3H2,1-2H3;3*1-2H3;2*1H3/b26-9-,48-42+,49-43+,55-10+,56-11+;;;;;;. The molecule has 2 aliphatic rings. The molecule has 0 saturated heterocycles. The lowest BCUT2D eigenvalue weighted by Crippen LogP contribution is -2.13. The fourth-order valence-corrected chi connectivity index (χ4v) is 11.0. The summed E-state index contributed by atoms with van der Waals surface area (Å²) in [5.74, 6) is 1.02. The summed E-state index contributed by atoms with van der Waals surface area (Å²) in [5, 5.41) is 2.58. The molecule has 6 aromatic rings. The minimum atomic E-state index is 0.480. The van der Waals surface area contributed by atoms with Crippen LogP contribution in [0.25, 0.3) is 62.6 Å². The molecule has 8 rings (SSSR count). The fraction of sp³-hybridized carbons (Fsp3) is 0.408. The highest BCUT2D eigenvalue weighted by Gasteiger charge is 2.28. The molecule has 0 saturated carbocycles. The number of hydrogen-bond acceptors (Lipinski definition) is 0. The van der Waals surface area contributed by atoms with Crippen LogP contribution in [-0.2, 0) is 12.8 Å². The molecular formula is C71H98Cl2N2. The Kier molecular flexibility index (Phi) is 31.5. The van der Waals surface area contributed by atoms with Gasteiger partial charge >= 0.3 is 0 Å². The van der Waals surface area contributed by atoms with Gasteiger partial charge in [-0.15, -0.1) is 23.2 Å². The summed E-state index contributed by atoms with van der Waals surface area (Å²) >= 11 is 9.28. The number of allylic oxidation sites excluding steroid dienone is 10. The second-order valence-electron chi connectivity index (χ2n) is 18.5. The maximum atomic E-state index is 4.64. The molecule has 0 amide bonds. The average Bonchev–Trinajstić information content (AvgIpc) is 3.97. The first-order valence-electron chi connectivity index (χ1n) is 28.6. The largest absolute Gasteiger partial charge is 0.313 e. The number of halogens is 2. The van der Waals surface area contributed by atoms with Gasteiger partial charge in [0.15, 0.2) is 0 Å². The summed E-state index contributed by atoms with van der Waals surface area (Å²) in [6.45, 7) is 37.0. The van der Waals surface area contributed by atoms with Crippen LogP contribution in [0, 0.1) is 5.92 Å². The van der Waals surface area contributed by atoms with Gasteiger partial charge in [-0.1, -0.05) is 216 Å². The third kappa shape index (κ3) is 15.7. The number of fused-ring (bicyclic) bond motifs is 6. The maximum Gasteiger partial charge on any atom is 0.0541 e. The van der Waals surface area contributed by atoms with Gasteiger partial charge in [0.25, 0.3) is 0 Å². The molecule has 75 heavy (non-hydrogen) atoms. The van der Waals surface area contributed by atoms with E-state index in [1.54, 1.807) is 0 Å². The number of hydrogen-bond donors (Lipinski definition) is 0. The highest BCUT2D eigenvalue weighted by atomic mass is 35.5. The van der Waals surface area contributed by atoms with Crippen molar-refractivity contribution in [3.05, 3.63) is 184 Å². The van der Waals surface area contributed by atoms with Crippen LogP contribution in [0.4, 0.5) is 0 Å². The molecule has 1 unspecified atom stereocenters. The number of rotatable bonds is 7. The van der Waals surface area contributed by atoms with Crippen LogP contribution < -0.4 is 0 Å². The van der Waals surface area contributed by atoms with Crippen LogP contribution in [0.1, 0.15) is 206 Å². The number of nitrogens with zero attached hydrogens (tertiary/aromatic N) is 2. The summed E-state index contributed by atoms with van der Waals surface area (Å²) in [7, 11) is 0. The quantitative estimate of drug-likeness (QED) is 0.141. The van der Waals surface area contributed by atoms with Gasteiger partial charge in [-0.05, 0) is 154 Å². The van der Waals surface area contributed by atoms with Crippen molar-refractivity contribution >= 4 is 85.8 Å². The van der Waals surface area contributed by atoms with Gasteiger partial charge in [0, 0.05) is 51.8 Å². The van der Waals surface area contributed by atoms with Crippen LogP contribution in [0.2, 0.25) is 0 Å². The van der Waals surface area contributed by atoms with Crippen molar-refractivity contribution in [2.45, 2.75) is 174 Å². The maximum absolute atomic E-state index is 4.64. The molecular weight excluding hydrogens is 952 g/mol. The molecule has 0 fully saturated rings. The molecule has 4 heteroatoms. The summed E-state index contributed by atoms with van der Waals surface area (Å²) < 4.78 is 5.13. The highest BCUT2D eigenvalue weighted by Crippen LogP contribution is 2.44. The Morgan fingerprint density at radius 1 is 0.627 bits per heavy atom. The van der Waals surface area contributed by atoms with Gasteiger partial charge < -0.3 is 9.13 Å². The second-order valence-corrected chi connectivity index (χ2v) is 18.5. The minimum Gasteiger partial charge on any atom is -0.313 e. The van der Waals surface area contributed by atoms with Crippen molar-refractivity contribution in [1.82, 2.24) is 9.13 Å². The van der Waals surface area contributed by atoms with Crippen LogP contribution >= 0.6 is 23.2 Å². The SMILES string of the molecule is C=Cc1c(/C=C\C)c2c(n1C(=C/C)/C1=C(\C)c3ccccc3C(C(C)C)CCCCCc3ccccc3/C(C)=C(/C(=C\C)n3c4ccccc4c4ccccc43)CC1)CCC=C2.CC.CC.CC.CCC.CCl.CCl. The third-order valence-electron chi connectivity index (χ3n) is 14.0. The number of aryl methyl sites for hydroxylation is 1. The molecule has 406 valence electrons. The minimum absolute atomic E-state index is 0.480.